The maximum atomic E-state index is 13.8. The van der Waals surface area contributed by atoms with Gasteiger partial charge in [0.15, 0.2) is 6.10 Å². The van der Waals surface area contributed by atoms with Crippen molar-refractivity contribution in [2.24, 2.45) is 5.16 Å². The van der Waals surface area contributed by atoms with Crippen molar-refractivity contribution in [3.8, 4) is 0 Å². The van der Waals surface area contributed by atoms with Gasteiger partial charge in [-0.2, -0.15) is 0 Å². The van der Waals surface area contributed by atoms with Crippen LogP contribution in [0, 0.1) is 5.82 Å². The number of carbonyl (C=O) groups excluding carboxylic acids is 1. The smallest absolute Gasteiger partial charge is 0.256 e. The molecule has 0 spiro atoms. The first-order valence-electron chi connectivity index (χ1n) is 8.01. The molecule has 1 aliphatic heterocycles. The fourth-order valence-corrected chi connectivity index (χ4v) is 2.73. The number of rotatable bonds is 5. The van der Waals surface area contributed by atoms with Gasteiger partial charge in [0.1, 0.15) is 5.82 Å². The molecule has 24 heavy (non-hydrogen) atoms. The highest BCUT2D eigenvalue weighted by Crippen LogP contribution is 2.19. The summed E-state index contributed by atoms with van der Waals surface area (Å²) in [6, 6.07) is 15.8. The molecule has 1 aliphatic rings. The van der Waals surface area contributed by atoms with E-state index in [0.717, 1.165) is 11.3 Å². The molecular formula is C19H19FN2O2. The second-order valence-electron chi connectivity index (χ2n) is 5.66. The lowest BCUT2D eigenvalue weighted by molar-refractivity contribution is 0.0433. The zero-order valence-electron chi connectivity index (χ0n) is 13.5. The standard InChI is InChI=1S/C19H19FN2O2/c1-2-22(19(23)16-10-6-7-11-17(16)20)13-15-12-18(21-24-15)14-8-4-3-5-9-14/h3-11,15H,2,12-13H2,1H3/t15-/m1/s1. The number of halogens is 1. The SMILES string of the molecule is CCN(C[C@H]1CC(c2ccccc2)=NO1)C(=O)c1ccccc1F. The molecule has 4 nitrogen and oxygen atoms in total. The number of amides is 1. The maximum Gasteiger partial charge on any atom is 0.256 e. The van der Waals surface area contributed by atoms with E-state index in [-0.39, 0.29) is 17.6 Å². The predicted molar refractivity (Wildman–Crippen MR) is 90.4 cm³/mol. The van der Waals surface area contributed by atoms with Crippen molar-refractivity contribution < 1.29 is 14.0 Å². The zero-order chi connectivity index (χ0) is 16.9. The second-order valence-corrected chi connectivity index (χ2v) is 5.66. The van der Waals surface area contributed by atoms with Crippen LogP contribution < -0.4 is 0 Å². The topological polar surface area (TPSA) is 41.9 Å². The Morgan fingerprint density at radius 2 is 1.92 bits per heavy atom. The number of nitrogens with zero attached hydrogens (tertiary/aromatic N) is 2. The normalized spacial score (nSPS) is 16.4. The van der Waals surface area contributed by atoms with Gasteiger partial charge in [-0.25, -0.2) is 4.39 Å². The van der Waals surface area contributed by atoms with Gasteiger partial charge in [0.2, 0.25) is 0 Å². The van der Waals surface area contributed by atoms with Crippen molar-refractivity contribution in [1.82, 2.24) is 4.90 Å². The third-order valence-corrected chi connectivity index (χ3v) is 4.04. The highest BCUT2D eigenvalue weighted by atomic mass is 19.1. The molecular weight excluding hydrogens is 307 g/mol. The molecule has 1 heterocycles. The van der Waals surface area contributed by atoms with Gasteiger partial charge in [0, 0.05) is 13.0 Å². The first kappa shape index (κ1) is 16.2. The van der Waals surface area contributed by atoms with Crippen molar-refractivity contribution >= 4 is 11.6 Å². The van der Waals surface area contributed by atoms with Crippen molar-refractivity contribution in [3.05, 3.63) is 71.5 Å². The summed E-state index contributed by atoms with van der Waals surface area (Å²) in [4.78, 5) is 19.6. The Kier molecular flexibility index (Phi) is 4.89. The van der Waals surface area contributed by atoms with E-state index in [4.69, 9.17) is 4.84 Å². The lowest BCUT2D eigenvalue weighted by atomic mass is 10.0. The minimum Gasteiger partial charge on any atom is -0.390 e. The van der Waals surface area contributed by atoms with Crippen molar-refractivity contribution in [2.75, 3.05) is 13.1 Å². The monoisotopic (exact) mass is 326 g/mol. The molecule has 0 saturated carbocycles. The Morgan fingerprint density at radius 3 is 2.62 bits per heavy atom. The van der Waals surface area contributed by atoms with Gasteiger partial charge in [-0.1, -0.05) is 47.6 Å². The van der Waals surface area contributed by atoms with Crippen LogP contribution >= 0.6 is 0 Å². The van der Waals surface area contributed by atoms with Crippen LogP contribution in [0.4, 0.5) is 4.39 Å². The van der Waals surface area contributed by atoms with Crippen LogP contribution in [0.5, 0.6) is 0 Å². The molecule has 0 bridgehead atoms. The molecule has 0 fully saturated rings. The molecule has 2 aromatic rings. The van der Waals surface area contributed by atoms with E-state index in [1.54, 1.807) is 17.0 Å². The van der Waals surface area contributed by atoms with Crippen LogP contribution in [0.2, 0.25) is 0 Å². The molecule has 124 valence electrons. The van der Waals surface area contributed by atoms with Crippen LogP contribution in [-0.4, -0.2) is 35.7 Å². The largest absolute Gasteiger partial charge is 0.390 e. The molecule has 0 saturated heterocycles. The number of benzene rings is 2. The summed E-state index contributed by atoms with van der Waals surface area (Å²) in [7, 11) is 0. The quantitative estimate of drug-likeness (QED) is 0.844. The maximum absolute atomic E-state index is 13.8. The summed E-state index contributed by atoms with van der Waals surface area (Å²) >= 11 is 0. The summed E-state index contributed by atoms with van der Waals surface area (Å²) in [6.07, 6.45) is 0.418. The van der Waals surface area contributed by atoms with E-state index in [2.05, 4.69) is 5.16 Å². The minimum atomic E-state index is -0.505. The number of likely N-dealkylation sites (N-methyl/N-ethyl adjacent to an activating group) is 1. The number of hydrogen-bond donors (Lipinski definition) is 0. The van der Waals surface area contributed by atoms with Crippen LogP contribution in [0.1, 0.15) is 29.3 Å². The predicted octanol–water partition coefficient (Wildman–Crippen LogP) is 3.48. The Bertz CT molecular complexity index is 746. The fraction of sp³-hybridized carbons (Fsp3) is 0.263. The molecule has 0 unspecified atom stereocenters. The number of carbonyl (C=O) groups is 1. The lowest BCUT2D eigenvalue weighted by Gasteiger charge is -2.23. The summed E-state index contributed by atoms with van der Waals surface area (Å²) in [5, 5.41) is 4.13. The van der Waals surface area contributed by atoms with Crippen molar-refractivity contribution in [3.63, 3.8) is 0 Å². The third kappa shape index (κ3) is 3.45. The van der Waals surface area contributed by atoms with Gasteiger partial charge in [0.05, 0.1) is 17.8 Å². The van der Waals surface area contributed by atoms with E-state index in [0.29, 0.717) is 19.5 Å². The van der Waals surface area contributed by atoms with Crippen LogP contribution in [0.15, 0.2) is 59.8 Å². The Hall–Kier alpha value is -2.69. The van der Waals surface area contributed by atoms with Crippen LogP contribution in [0.25, 0.3) is 0 Å². The minimum absolute atomic E-state index is 0.0848. The summed E-state index contributed by atoms with van der Waals surface area (Å²) in [6.45, 7) is 2.73. The van der Waals surface area contributed by atoms with Crippen molar-refractivity contribution in [1.29, 1.82) is 0 Å². The highest BCUT2D eigenvalue weighted by molar-refractivity contribution is 6.01. The fourth-order valence-electron chi connectivity index (χ4n) is 2.73. The summed E-state index contributed by atoms with van der Waals surface area (Å²) in [5.41, 5.74) is 1.97. The summed E-state index contributed by atoms with van der Waals surface area (Å²) in [5.74, 6) is -0.832. The average Bonchev–Trinajstić information content (AvgIpc) is 3.09. The van der Waals surface area contributed by atoms with Gasteiger partial charge in [-0.15, -0.1) is 0 Å². The molecule has 3 rings (SSSR count). The van der Waals surface area contributed by atoms with E-state index < -0.39 is 5.82 Å². The Morgan fingerprint density at radius 1 is 1.21 bits per heavy atom. The van der Waals surface area contributed by atoms with E-state index in [1.165, 1.54) is 12.1 Å². The highest BCUT2D eigenvalue weighted by Gasteiger charge is 2.27. The van der Waals surface area contributed by atoms with Gasteiger partial charge >= 0.3 is 0 Å². The molecule has 0 N–H and O–H groups in total. The molecule has 1 amide bonds. The zero-order valence-corrected chi connectivity index (χ0v) is 13.5. The van der Waals surface area contributed by atoms with Gasteiger partial charge < -0.3 is 9.74 Å². The Labute approximate surface area is 140 Å². The second kappa shape index (κ2) is 7.25. The molecule has 2 aromatic carbocycles. The van der Waals surface area contributed by atoms with Gasteiger partial charge in [-0.3, -0.25) is 4.79 Å². The molecule has 1 atom stereocenters. The first-order valence-corrected chi connectivity index (χ1v) is 8.01. The molecule has 5 heteroatoms. The van der Waals surface area contributed by atoms with Gasteiger partial charge in [0.25, 0.3) is 5.91 Å². The number of hydrogen-bond acceptors (Lipinski definition) is 3. The van der Waals surface area contributed by atoms with Crippen LogP contribution in [0.3, 0.4) is 0 Å². The van der Waals surface area contributed by atoms with E-state index in [9.17, 15) is 9.18 Å². The molecule has 0 aromatic heterocycles. The van der Waals surface area contributed by atoms with Crippen LogP contribution in [-0.2, 0) is 4.84 Å². The van der Waals surface area contributed by atoms with Gasteiger partial charge in [-0.05, 0) is 24.6 Å². The lowest BCUT2D eigenvalue weighted by Crippen LogP contribution is -2.38. The Balaban J connectivity index is 1.65. The van der Waals surface area contributed by atoms with Crippen molar-refractivity contribution in [2.45, 2.75) is 19.4 Å². The van der Waals surface area contributed by atoms with E-state index >= 15 is 0 Å². The molecule has 0 radical (unpaired) electrons. The average molecular weight is 326 g/mol. The number of oxime groups is 1. The first-order chi connectivity index (χ1) is 11.7. The molecule has 0 aliphatic carbocycles. The summed E-state index contributed by atoms with van der Waals surface area (Å²) < 4.78 is 13.8. The third-order valence-electron chi connectivity index (χ3n) is 4.04. The van der Waals surface area contributed by atoms with E-state index in [1.807, 2.05) is 37.3 Å².